The van der Waals surface area contributed by atoms with Crippen LogP contribution in [0.2, 0.25) is 0 Å². The van der Waals surface area contributed by atoms with Crippen molar-refractivity contribution < 1.29 is 9.53 Å². The normalized spacial score (nSPS) is 22.2. The first kappa shape index (κ1) is 14.9. The first-order valence-electron chi connectivity index (χ1n) is 7.10. The number of nitrogens with zero attached hydrogens (tertiary/aromatic N) is 2. The molecule has 2 unspecified atom stereocenters. The number of rotatable bonds is 5. The zero-order valence-corrected chi connectivity index (χ0v) is 12.2. The molecule has 1 fully saturated rings. The number of hydrogen-bond acceptors (Lipinski definition) is 5. The highest BCUT2D eigenvalue weighted by Gasteiger charge is 2.29. The lowest BCUT2D eigenvalue weighted by atomic mass is 10.0. The topological polar surface area (TPSA) is 68.5 Å². The fourth-order valence-corrected chi connectivity index (χ4v) is 3.03. The van der Waals surface area contributed by atoms with Crippen LogP contribution in [0, 0.1) is 5.92 Å². The van der Waals surface area contributed by atoms with E-state index in [1.54, 1.807) is 6.07 Å². The molecule has 0 bridgehead atoms. The van der Waals surface area contributed by atoms with Crippen LogP contribution in [0.5, 0.6) is 0 Å². The number of carbonyl (C=O) groups is 1. The van der Waals surface area contributed by atoms with Gasteiger partial charge in [-0.05, 0) is 44.5 Å². The second-order valence-electron chi connectivity index (χ2n) is 5.41. The number of hydrogen-bond donors (Lipinski definition) is 1. The van der Waals surface area contributed by atoms with Crippen molar-refractivity contribution in [3.05, 3.63) is 29.6 Å². The minimum absolute atomic E-state index is 0.361. The molecular weight excluding hydrogens is 254 g/mol. The highest BCUT2D eigenvalue weighted by Crippen LogP contribution is 2.29. The van der Waals surface area contributed by atoms with Crippen molar-refractivity contribution in [2.75, 3.05) is 20.7 Å². The van der Waals surface area contributed by atoms with Gasteiger partial charge in [0.15, 0.2) is 0 Å². The van der Waals surface area contributed by atoms with Gasteiger partial charge >= 0.3 is 5.97 Å². The quantitative estimate of drug-likeness (QED) is 0.825. The minimum atomic E-state index is -0.393. The average Bonchev–Trinajstić information content (AvgIpc) is 2.95. The molecule has 1 aliphatic rings. The lowest BCUT2D eigenvalue weighted by Gasteiger charge is -2.28. The van der Waals surface area contributed by atoms with Gasteiger partial charge < -0.3 is 10.5 Å². The maximum atomic E-state index is 11.5. The minimum Gasteiger partial charge on any atom is -0.464 e. The third-order valence-electron chi connectivity index (χ3n) is 4.10. The number of aromatic nitrogens is 1. The van der Waals surface area contributed by atoms with E-state index in [0.29, 0.717) is 17.7 Å². The standard InChI is InChI=1S/C15H23N3O2/c1-18(14-8-3-5-11(14)9-16)10-12-6-4-7-13(17-12)15(19)20-2/h4,6-7,11,14H,3,5,8-10,16H2,1-2H3. The molecule has 0 saturated heterocycles. The average molecular weight is 277 g/mol. The third-order valence-corrected chi connectivity index (χ3v) is 4.10. The lowest BCUT2D eigenvalue weighted by Crippen LogP contribution is -2.37. The van der Waals surface area contributed by atoms with Crippen LogP contribution in [0.25, 0.3) is 0 Å². The molecule has 2 rings (SSSR count). The van der Waals surface area contributed by atoms with Gasteiger partial charge in [-0.15, -0.1) is 0 Å². The molecule has 1 heterocycles. The monoisotopic (exact) mass is 277 g/mol. The summed E-state index contributed by atoms with van der Waals surface area (Å²) in [6, 6.07) is 5.98. The second kappa shape index (κ2) is 6.81. The predicted molar refractivity (Wildman–Crippen MR) is 77.2 cm³/mol. The van der Waals surface area contributed by atoms with E-state index in [0.717, 1.165) is 18.8 Å². The van der Waals surface area contributed by atoms with Gasteiger partial charge in [-0.2, -0.15) is 0 Å². The molecule has 2 atom stereocenters. The molecule has 0 radical (unpaired) electrons. The van der Waals surface area contributed by atoms with E-state index in [1.807, 2.05) is 12.1 Å². The summed E-state index contributed by atoms with van der Waals surface area (Å²) in [5.41, 5.74) is 7.08. The van der Waals surface area contributed by atoms with Crippen molar-refractivity contribution in [3.8, 4) is 0 Å². The second-order valence-corrected chi connectivity index (χ2v) is 5.41. The van der Waals surface area contributed by atoms with Crippen molar-refractivity contribution in [1.29, 1.82) is 0 Å². The van der Waals surface area contributed by atoms with Crippen LogP contribution in [-0.4, -0.2) is 42.6 Å². The fourth-order valence-electron chi connectivity index (χ4n) is 3.03. The Morgan fingerprint density at radius 1 is 1.50 bits per heavy atom. The summed E-state index contributed by atoms with van der Waals surface area (Å²) in [6.45, 7) is 1.47. The van der Waals surface area contributed by atoms with Gasteiger partial charge in [0, 0.05) is 12.6 Å². The first-order chi connectivity index (χ1) is 9.65. The summed E-state index contributed by atoms with van der Waals surface area (Å²) in [7, 11) is 3.47. The Morgan fingerprint density at radius 2 is 2.30 bits per heavy atom. The van der Waals surface area contributed by atoms with Crippen molar-refractivity contribution in [2.45, 2.75) is 31.8 Å². The Morgan fingerprint density at radius 3 is 3.00 bits per heavy atom. The summed E-state index contributed by atoms with van der Waals surface area (Å²) in [4.78, 5) is 18.1. The Hall–Kier alpha value is -1.46. The Balaban J connectivity index is 2.04. The SMILES string of the molecule is COC(=O)c1cccc(CN(C)C2CCCC2CN)n1. The van der Waals surface area contributed by atoms with Crippen LogP contribution in [0.15, 0.2) is 18.2 Å². The predicted octanol–water partition coefficient (Wildman–Crippen LogP) is 1.43. The van der Waals surface area contributed by atoms with Crippen molar-refractivity contribution in [3.63, 3.8) is 0 Å². The van der Waals surface area contributed by atoms with Gasteiger partial charge in [0.25, 0.3) is 0 Å². The Labute approximate surface area is 120 Å². The van der Waals surface area contributed by atoms with E-state index >= 15 is 0 Å². The van der Waals surface area contributed by atoms with Crippen LogP contribution in [0.3, 0.4) is 0 Å². The van der Waals surface area contributed by atoms with Crippen molar-refractivity contribution in [2.24, 2.45) is 11.7 Å². The molecule has 0 aliphatic heterocycles. The van der Waals surface area contributed by atoms with Gasteiger partial charge in [-0.25, -0.2) is 9.78 Å². The molecule has 0 aromatic carbocycles. The molecule has 2 N–H and O–H groups in total. The van der Waals surface area contributed by atoms with Gasteiger partial charge in [-0.1, -0.05) is 12.5 Å². The molecule has 1 saturated carbocycles. The van der Waals surface area contributed by atoms with Crippen molar-refractivity contribution >= 4 is 5.97 Å². The summed E-state index contributed by atoms with van der Waals surface area (Å²) < 4.78 is 4.70. The van der Waals surface area contributed by atoms with E-state index in [1.165, 1.54) is 26.4 Å². The molecule has 0 spiro atoms. The van der Waals surface area contributed by atoms with Crippen LogP contribution in [0.4, 0.5) is 0 Å². The lowest BCUT2D eigenvalue weighted by molar-refractivity contribution is 0.0593. The van der Waals surface area contributed by atoms with E-state index in [-0.39, 0.29) is 0 Å². The number of esters is 1. The maximum Gasteiger partial charge on any atom is 0.356 e. The molecule has 1 aromatic heterocycles. The first-order valence-corrected chi connectivity index (χ1v) is 7.10. The Bertz CT molecular complexity index is 464. The van der Waals surface area contributed by atoms with Crippen LogP contribution in [-0.2, 0) is 11.3 Å². The number of methoxy groups -OCH3 is 1. The molecular formula is C15H23N3O2. The summed E-state index contributed by atoms with van der Waals surface area (Å²) in [5.74, 6) is 0.180. The molecule has 20 heavy (non-hydrogen) atoms. The maximum absolute atomic E-state index is 11.5. The summed E-state index contributed by atoms with van der Waals surface area (Å²) in [6.07, 6.45) is 3.64. The fraction of sp³-hybridized carbons (Fsp3) is 0.600. The van der Waals surface area contributed by atoms with Crippen LogP contribution < -0.4 is 5.73 Å². The summed E-state index contributed by atoms with van der Waals surface area (Å²) in [5, 5.41) is 0. The van der Waals surface area contributed by atoms with Gasteiger partial charge in [0.1, 0.15) is 5.69 Å². The zero-order valence-electron chi connectivity index (χ0n) is 12.2. The number of ether oxygens (including phenoxy) is 1. The molecule has 0 amide bonds. The van der Waals surface area contributed by atoms with Gasteiger partial charge in [0.05, 0.1) is 12.8 Å². The molecule has 1 aliphatic carbocycles. The zero-order chi connectivity index (χ0) is 14.5. The number of nitrogens with two attached hydrogens (primary N) is 1. The Kier molecular flexibility index (Phi) is 5.09. The largest absolute Gasteiger partial charge is 0.464 e. The van der Waals surface area contributed by atoms with Gasteiger partial charge in [0.2, 0.25) is 0 Å². The molecule has 5 nitrogen and oxygen atoms in total. The van der Waals surface area contributed by atoms with E-state index in [2.05, 4.69) is 16.9 Å². The molecule has 110 valence electrons. The summed E-state index contributed by atoms with van der Waals surface area (Å²) >= 11 is 0. The third kappa shape index (κ3) is 3.35. The van der Waals surface area contributed by atoms with Crippen LogP contribution in [0.1, 0.15) is 35.4 Å². The number of pyridine rings is 1. The number of carbonyl (C=O) groups excluding carboxylic acids is 1. The van der Waals surface area contributed by atoms with E-state index in [9.17, 15) is 4.79 Å². The van der Waals surface area contributed by atoms with Crippen molar-refractivity contribution in [1.82, 2.24) is 9.88 Å². The molecule has 1 aromatic rings. The smallest absolute Gasteiger partial charge is 0.356 e. The van der Waals surface area contributed by atoms with Gasteiger partial charge in [-0.3, -0.25) is 4.90 Å². The molecule has 5 heteroatoms. The highest BCUT2D eigenvalue weighted by molar-refractivity contribution is 5.87. The highest BCUT2D eigenvalue weighted by atomic mass is 16.5. The van der Waals surface area contributed by atoms with Crippen LogP contribution >= 0.6 is 0 Å². The van der Waals surface area contributed by atoms with E-state index < -0.39 is 5.97 Å². The van der Waals surface area contributed by atoms with E-state index in [4.69, 9.17) is 10.5 Å².